The SMILES string of the molecule is Cc1ccc(F)c(C(=O)OCC(C)C)c1F. The molecule has 0 unspecified atom stereocenters. The summed E-state index contributed by atoms with van der Waals surface area (Å²) in [6.07, 6.45) is 0. The molecule has 0 aliphatic heterocycles. The monoisotopic (exact) mass is 228 g/mol. The molecular formula is C12H14F2O2. The molecule has 16 heavy (non-hydrogen) atoms. The lowest BCUT2D eigenvalue weighted by Crippen LogP contribution is -2.14. The average molecular weight is 228 g/mol. The van der Waals surface area contributed by atoms with E-state index in [2.05, 4.69) is 0 Å². The van der Waals surface area contributed by atoms with E-state index in [0.29, 0.717) is 0 Å². The van der Waals surface area contributed by atoms with Gasteiger partial charge >= 0.3 is 5.97 Å². The first kappa shape index (κ1) is 12.6. The third-order valence-electron chi connectivity index (χ3n) is 2.04. The topological polar surface area (TPSA) is 26.3 Å². The minimum Gasteiger partial charge on any atom is -0.462 e. The fraction of sp³-hybridized carbons (Fsp3) is 0.417. The molecule has 1 aromatic rings. The van der Waals surface area contributed by atoms with Crippen LogP contribution in [0.3, 0.4) is 0 Å². The molecule has 0 bridgehead atoms. The predicted molar refractivity (Wildman–Crippen MR) is 56.2 cm³/mol. The minimum atomic E-state index is -0.951. The molecule has 0 aliphatic carbocycles. The van der Waals surface area contributed by atoms with Crippen molar-refractivity contribution in [2.24, 2.45) is 5.92 Å². The van der Waals surface area contributed by atoms with E-state index < -0.39 is 23.2 Å². The van der Waals surface area contributed by atoms with Gasteiger partial charge in [0.05, 0.1) is 6.61 Å². The van der Waals surface area contributed by atoms with Crippen LogP contribution in [0.4, 0.5) is 8.78 Å². The Morgan fingerprint density at radius 2 is 2.00 bits per heavy atom. The summed E-state index contributed by atoms with van der Waals surface area (Å²) in [6, 6.07) is 2.34. The first-order valence-corrected chi connectivity index (χ1v) is 5.05. The van der Waals surface area contributed by atoms with Gasteiger partial charge in [0.2, 0.25) is 0 Å². The Balaban J connectivity index is 2.95. The number of hydrogen-bond donors (Lipinski definition) is 0. The molecule has 4 heteroatoms. The summed E-state index contributed by atoms with van der Waals surface area (Å²) in [6.45, 7) is 5.30. The molecule has 88 valence electrons. The summed E-state index contributed by atoms with van der Waals surface area (Å²) in [5, 5.41) is 0. The van der Waals surface area contributed by atoms with Gasteiger partial charge in [0.25, 0.3) is 0 Å². The molecule has 0 aromatic heterocycles. The molecule has 0 fully saturated rings. The first-order valence-electron chi connectivity index (χ1n) is 5.05. The van der Waals surface area contributed by atoms with E-state index in [9.17, 15) is 13.6 Å². The lowest BCUT2D eigenvalue weighted by molar-refractivity contribution is 0.0447. The summed E-state index contributed by atoms with van der Waals surface area (Å²) >= 11 is 0. The van der Waals surface area contributed by atoms with Crippen LogP contribution in [-0.2, 0) is 4.74 Å². The highest BCUT2D eigenvalue weighted by Gasteiger charge is 2.20. The van der Waals surface area contributed by atoms with Gasteiger partial charge in [0.15, 0.2) is 0 Å². The maximum Gasteiger partial charge on any atom is 0.344 e. The van der Waals surface area contributed by atoms with Gasteiger partial charge < -0.3 is 4.74 Å². The summed E-state index contributed by atoms with van der Waals surface area (Å²) in [5.41, 5.74) is -0.390. The number of rotatable bonds is 3. The van der Waals surface area contributed by atoms with Crippen molar-refractivity contribution < 1.29 is 18.3 Å². The fourth-order valence-electron chi connectivity index (χ4n) is 1.16. The van der Waals surface area contributed by atoms with Crippen LogP contribution in [0.25, 0.3) is 0 Å². The number of ether oxygens (including phenoxy) is 1. The van der Waals surface area contributed by atoms with E-state index in [1.165, 1.54) is 13.0 Å². The number of halogens is 2. The van der Waals surface area contributed by atoms with Crippen molar-refractivity contribution in [2.75, 3.05) is 6.61 Å². The summed E-state index contributed by atoms with van der Waals surface area (Å²) in [5.74, 6) is -2.57. The van der Waals surface area contributed by atoms with Gasteiger partial charge in [0.1, 0.15) is 17.2 Å². The fourth-order valence-corrected chi connectivity index (χ4v) is 1.16. The Bertz CT molecular complexity index is 400. The smallest absolute Gasteiger partial charge is 0.344 e. The molecule has 0 atom stereocenters. The molecule has 2 nitrogen and oxygen atoms in total. The van der Waals surface area contributed by atoms with E-state index in [0.717, 1.165) is 6.07 Å². The zero-order valence-corrected chi connectivity index (χ0v) is 9.51. The number of benzene rings is 1. The number of carbonyl (C=O) groups excluding carboxylic acids is 1. The Morgan fingerprint density at radius 3 is 2.56 bits per heavy atom. The molecule has 0 radical (unpaired) electrons. The van der Waals surface area contributed by atoms with E-state index in [1.54, 1.807) is 0 Å². The van der Waals surface area contributed by atoms with E-state index in [1.807, 2.05) is 13.8 Å². The molecule has 0 saturated heterocycles. The van der Waals surface area contributed by atoms with Gasteiger partial charge in [-0.1, -0.05) is 19.9 Å². The Kier molecular flexibility index (Phi) is 3.99. The highest BCUT2D eigenvalue weighted by molar-refractivity contribution is 5.90. The van der Waals surface area contributed by atoms with Crippen LogP contribution in [-0.4, -0.2) is 12.6 Å². The molecule has 0 spiro atoms. The second-order valence-corrected chi connectivity index (χ2v) is 4.05. The summed E-state index contributed by atoms with van der Waals surface area (Å²) in [7, 11) is 0. The van der Waals surface area contributed by atoms with Gasteiger partial charge in [-0.25, -0.2) is 13.6 Å². The maximum atomic E-state index is 13.5. The van der Waals surface area contributed by atoms with E-state index in [4.69, 9.17) is 4.74 Å². The predicted octanol–water partition coefficient (Wildman–Crippen LogP) is 3.09. The number of hydrogen-bond acceptors (Lipinski definition) is 2. The lowest BCUT2D eigenvalue weighted by atomic mass is 10.1. The van der Waals surface area contributed by atoms with Crippen LogP contribution in [0.5, 0.6) is 0 Å². The Hall–Kier alpha value is -1.45. The molecule has 0 heterocycles. The third-order valence-corrected chi connectivity index (χ3v) is 2.04. The number of esters is 1. The van der Waals surface area contributed by atoms with Gasteiger partial charge in [-0.3, -0.25) is 0 Å². The van der Waals surface area contributed by atoms with Crippen LogP contribution >= 0.6 is 0 Å². The first-order chi connectivity index (χ1) is 7.43. The molecule has 0 N–H and O–H groups in total. The van der Waals surface area contributed by atoms with Crippen LogP contribution in [0.1, 0.15) is 29.8 Å². The van der Waals surface area contributed by atoms with Crippen molar-refractivity contribution in [1.29, 1.82) is 0 Å². The number of carbonyl (C=O) groups is 1. The highest BCUT2D eigenvalue weighted by Crippen LogP contribution is 2.17. The Morgan fingerprint density at radius 1 is 1.38 bits per heavy atom. The number of aryl methyl sites for hydroxylation is 1. The van der Waals surface area contributed by atoms with Gasteiger partial charge in [-0.05, 0) is 24.5 Å². The van der Waals surface area contributed by atoms with Gasteiger partial charge in [-0.15, -0.1) is 0 Å². The average Bonchev–Trinajstić information content (AvgIpc) is 2.21. The molecular weight excluding hydrogens is 214 g/mol. The van der Waals surface area contributed by atoms with Crippen LogP contribution in [0.15, 0.2) is 12.1 Å². The van der Waals surface area contributed by atoms with Crippen molar-refractivity contribution in [2.45, 2.75) is 20.8 Å². The maximum absolute atomic E-state index is 13.5. The normalized spacial score (nSPS) is 10.6. The van der Waals surface area contributed by atoms with Gasteiger partial charge in [-0.2, -0.15) is 0 Å². The van der Waals surface area contributed by atoms with E-state index >= 15 is 0 Å². The van der Waals surface area contributed by atoms with Crippen LogP contribution in [0, 0.1) is 24.5 Å². The van der Waals surface area contributed by atoms with E-state index in [-0.39, 0.29) is 18.1 Å². The molecule has 0 aliphatic rings. The summed E-state index contributed by atoms with van der Waals surface area (Å²) < 4.78 is 31.5. The van der Waals surface area contributed by atoms with Crippen molar-refractivity contribution >= 4 is 5.97 Å². The Labute approximate surface area is 93.2 Å². The third kappa shape index (κ3) is 2.78. The zero-order chi connectivity index (χ0) is 12.3. The van der Waals surface area contributed by atoms with Crippen molar-refractivity contribution in [3.8, 4) is 0 Å². The second-order valence-electron chi connectivity index (χ2n) is 4.05. The highest BCUT2D eigenvalue weighted by atomic mass is 19.1. The zero-order valence-electron chi connectivity index (χ0n) is 9.51. The molecule has 1 rings (SSSR count). The van der Waals surface area contributed by atoms with Crippen molar-refractivity contribution in [3.05, 3.63) is 34.9 Å². The van der Waals surface area contributed by atoms with Crippen LogP contribution < -0.4 is 0 Å². The quantitative estimate of drug-likeness (QED) is 0.743. The lowest BCUT2D eigenvalue weighted by Gasteiger charge is -2.09. The van der Waals surface area contributed by atoms with Crippen LogP contribution in [0.2, 0.25) is 0 Å². The summed E-state index contributed by atoms with van der Waals surface area (Å²) in [4.78, 5) is 11.4. The molecule has 0 amide bonds. The minimum absolute atomic E-state index is 0.125. The van der Waals surface area contributed by atoms with Crippen molar-refractivity contribution in [1.82, 2.24) is 0 Å². The largest absolute Gasteiger partial charge is 0.462 e. The van der Waals surface area contributed by atoms with Gasteiger partial charge in [0, 0.05) is 0 Å². The second kappa shape index (κ2) is 5.05. The molecule has 0 saturated carbocycles. The van der Waals surface area contributed by atoms with Crippen molar-refractivity contribution in [3.63, 3.8) is 0 Å². The standard InChI is InChI=1S/C12H14F2O2/c1-7(2)6-16-12(15)10-9(13)5-4-8(3)11(10)14/h4-5,7H,6H2,1-3H3. The molecule has 1 aromatic carbocycles.